The summed E-state index contributed by atoms with van der Waals surface area (Å²) in [5.41, 5.74) is 2.31. The molecule has 0 aliphatic carbocycles. The van der Waals surface area contributed by atoms with Crippen molar-refractivity contribution < 1.29 is 38.0 Å². The normalized spacial score (nSPS) is 36.9. The Kier molecular flexibility index (Phi) is 11.9. The van der Waals surface area contributed by atoms with E-state index in [1.165, 1.54) is 0 Å². The highest BCUT2D eigenvalue weighted by molar-refractivity contribution is 6.77. The Labute approximate surface area is 261 Å². The van der Waals surface area contributed by atoms with Crippen molar-refractivity contribution in [1.29, 1.82) is 0 Å². The standard InChI is InChI=1S/C34H58O8Si/c1-21(2)43(22(3)4,23(5)6)42-30-25(8)31(38-17-27-14-12-11-13-15-27)33-32(40-29(30)19-37-20-36-10)24(7)26(9)34(41-33)16-28(35)18-39-34/h11-15,21-26,28-33,35H,16-20H2,1-10H3/t24-,25+,26-,28-,29-,30+,31-,32+,33-,34+/m0/s1. The minimum absolute atomic E-state index is 0.00412. The Morgan fingerprint density at radius 1 is 0.930 bits per heavy atom. The van der Waals surface area contributed by atoms with Crippen LogP contribution in [0, 0.1) is 17.8 Å². The van der Waals surface area contributed by atoms with Crippen LogP contribution in [0.15, 0.2) is 30.3 Å². The summed E-state index contributed by atoms with van der Waals surface area (Å²) in [6, 6.07) is 10.3. The number of ether oxygens (including phenoxy) is 6. The van der Waals surface area contributed by atoms with Gasteiger partial charge in [0.05, 0.1) is 44.2 Å². The molecule has 10 atom stereocenters. The maximum atomic E-state index is 10.5. The van der Waals surface area contributed by atoms with Crippen LogP contribution in [0.5, 0.6) is 0 Å². The van der Waals surface area contributed by atoms with Crippen LogP contribution >= 0.6 is 0 Å². The monoisotopic (exact) mass is 622 g/mol. The number of hydrogen-bond donors (Lipinski definition) is 1. The summed E-state index contributed by atoms with van der Waals surface area (Å²) in [5.74, 6) is -0.886. The molecule has 8 nitrogen and oxygen atoms in total. The van der Waals surface area contributed by atoms with Crippen molar-refractivity contribution in [2.24, 2.45) is 17.8 Å². The van der Waals surface area contributed by atoms with E-state index in [0.717, 1.165) is 5.56 Å². The molecule has 0 bridgehead atoms. The molecule has 9 heteroatoms. The van der Waals surface area contributed by atoms with Crippen molar-refractivity contribution >= 4 is 8.32 Å². The zero-order valence-corrected chi connectivity index (χ0v) is 29.2. The lowest BCUT2D eigenvalue weighted by Crippen LogP contribution is -2.61. The molecule has 1 spiro atoms. The molecule has 3 saturated heterocycles. The molecule has 1 N–H and O–H groups in total. The lowest BCUT2D eigenvalue weighted by atomic mass is 9.76. The van der Waals surface area contributed by atoms with Gasteiger partial charge in [-0.2, -0.15) is 0 Å². The van der Waals surface area contributed by atoms with E-state index in [-0.39, 0.29) is 55.6 Å². The summed E-state index contributed by atoms with van der Waals surface area (Å²) in [5, 5.41) is 10.5. The molecule has 0 saturated carbocycles. The molecule has 3 heterocycles. The van der Waals surface area contributed by atoms with E-state index in [2.05, 4.69) is 74.4 Å². The number of aliphatic hydroxyl groups excluding tert-OH is 1. The Bertz CT molecular complexity index is 970. The highest BCUT2D eigenvalue weighted by Gasteiger charge is 2.61. The largest absolute Gasteiger partial charge is 0.410 e. The van der Waals surface area contributed by atoms with Gasteiger partial charge in [0.25, 0.3) is 0 Å². The molecule has 4 rings (SSSR count). The summed E-state index contributed by atoms with van der Waals surface area (Å²) >= 11 is 0. The molecule has 1 aromatic carbocycles. The fourth-order valence-corrected chi connectivity index (χ4v) is 13.9. The first-order valence-electron chi connectivity index (χ1n) is 16.4. The SMILES string of the molecule is COCOC[C@@H]1O[C@@H]2[C@@H](C)[C@H](C)[C@@]3(C[C@H](O)CO3)O[C@H]2[C@@H](OCc2ccccc2)[C@H](C)[C@H]1O[Si](C(C)C)(C(C)C)C(C)C. The first kappa shape index (κ1) is 35.0. The highest BCUT2D eigenvalue weighted by Crippen LogP contribution is 2.51. The van der Waals surface area contributed by atoms with Crippen LogP contribution in [0.4, 0.5) is 0 Å². The minimum Gasteiger partial charge on any atom is -0.410 e. The molecule has 246 valence electrons. The van der Waals surface area contributed by atoms with Gasteiger partial charge >= 0.3 is 0 Å². The van der Waals surface area contributed by atoms with E-state index in [0.29, 0.717) is 36.3 Å². The molecule has 0 amide bonds. The highest BCUT2D eigenvalue weighted by atomic mass is 28.4. The third-order valence-corrected chi connectivity index (χ3v) is 16.7. The number of methoxy groups -OCH3 is 1. The number of aliphatic hydroxyl groups is 1. The van der Waals surface area contributed by atoms with Gasteiger partial charge in [-0.3, -0.25) is 0 Å². The molecule has 3 fully saturated rings. The number of hydrogen-bond acceptors (Lipinski definition) is 8. The summed E-state index contributed by atoms with van der Waals surface area (Å²) in [7, 11) is -0.691. The molecule has 3 aliphatic rings. The molecular formula is C34H58O8Si. The van der Waals surface area contributed by atoms with Gasteiger partial charge in [-0.15, -0.1) is 0 Å². The maximum Gasteiger partial charge on any atom is 0.200 e. The van der Waals surface area contributed by atoms with Crippen LogP contribution in [0.3, 0.4) is 0 Å². The zero-order valence-electron chi connectivity index (χ0n) is 28.2. The van der Waals surface area contributed by atoms with Crippen LogP contribution in [0.2, 0.25) is 16.6 Å². The molecule has 0 radical (unpaired) electrons. The summed E-state index contributed by atoms with van der Waals surface area (Å²) < 4.78 is 46.1. The molecule has 3 aliphatic heterocycles. The molecule has 0 unspecified atom stereocenters. The number of fused-ring (bicyclic) bond motifs is 1. The van der Waals surface area contributed by atoms with Crippen molar-refractivity contribution in [3.63, 3.8) is 0 Å². The molecule has 43 heavy (non-hydrogen) atoms. The second-order valence-electron chi connectivity index (χ2n) is 14.1. The average Bonchev–Trinajstić information content (AvgIpc) is 3.30. The van der Waals surface area contributed by atoms with Gasteiger partial charge in [0.15, 0.2) is 5.79 Å². The maximum absolute atomic E-state index is 10.5. The van der Waals surface area contributed by atoms with Crippen LogP contribution in [0.25, 0.3) is 0 Å². The van der Waals surface area contributed by atoms with E-state index in [9.17, 15) is 5.11 Å². The second-order valence-corrected chi connectivity index (χ2v) is 19.6. The zero-order chi connectivity index (χ0) is 31.5. The third kappa shape index (κ3) is 7.10. The fraction of sp³-hybridized carbons (Fsp3) is 0.824. The van der Waals surface area contributed by atoms with Crippen molar-refractivity contribution in [3.8, 4) is 0 Å². The van der Waals surface area contributed by atoms with Gasteiger partial charge in [-0.25, -0.2) is 0 Å². The van der Waals surface area contributed by atoms with Crippen LogP contribution in [0.1, 0.15) is 74.3 Å². The van der Waals surface area contributed by atoms with Gasteiger partial charge in [-0.1, -0.05) is 92.6 Å². The van der Waals surface area contributed by atoms with Crippen molar-refractivity contribution in [3.05, 3.63) is 35.9 Å². The van der Waals surface area contributed by atoms with E-state index in [4.69, 9.17) is 32.8 Å². The van der Waals surface area contributed by atoms with Gasteiger partial charge in [0, 0.05) is 25.4 Å². The van der Waals surface area contributed by atoms with Gasteiger partial charge < -0.3 is 38.0 Å². The quantitative estimate of drug-likeness (QED) is 0.165. The number of rotatable bonds is 12. The Morgan fingerprint density at radius 2 is 1.58 bits per heavy atom. The minimum atomic E-state index is -2.33. The van der Waals surface area contributed by atoms with Gasteiger partial charge in [-0.05, 0) is 28.1 Å². The van der Waals surface area contributed by atoms with Crippen LogP contribution < -0.4 is 0 Å². The van der Waals surface area contributed by atoms with E-state index in [1.54, 1.807) is 7.11 Å². The van der Waals surface area contributed by atoms with Crippen molar-refractivity contribution in [2.45, 2.75) is 134 Å². The first-order valence-corrected chi connectivity index (χ1v) is 18.6. The average molecular weight is 623 g/mol. The van der Waals surface area contributed by atoms with Crippen molar-refractivity contribution in [1.82, 2.24) is 0 Å². The lowest BCUT2D eigenvalue weighted by Gasteiger charge is -2.51. The van der Waals surface area contributed by atoms with Crippen LogP contribution in [-0.2, 0) is 39.5 Å². The van der Waals surface area contributed by atoms with Crippen LogP contribution in [-0.4, -0.2) is 83.0 Å². The Balaban J connectivity index is 1.79. The Morgan fingerprint density at radius 3 is 2.14 bits per heavy atom. The predicted molar refractivity (Wildman–Crippen MR) is 169 cm³/mol. The smallest absolute Gasteiger partial charge is 0.200 e. The Hall–Kier alpha value is -0.883. The van der Waals surface area contributed by atoms with Crippen molar-refractivity contribution in [2.75, 3.05) is 27.1 Å². The summed E-state index contributed by atoms with van der Waals surface area (Å²) in [4.78, 5) is 0. The number of benzene rings is 1. The van der Waals surface area contributed by atoms with Gasteiger partial charge in [0.2, 0.25) is 8.32 Å². The molecule has 1 aromatic rings. The van der Waals surface area contributed by atoms with Gasteiger partial charge in [0.1, 0.15) is 19.0 Å². The second kappa shape index (κ2) is 14.7. The lowest BCUT2D eigenvalue weighted by molar-refractivity contribution is -0.341. The fourth-order valence-electron chi connectivity index (χ4n) is 8.25. The molecule has 0 aromatic heterocycles. The van der Waals surface area contributed by atoms with E-state index < -0.39 is 26.3 Å². The molecular weight excluding hydrogens is 564 g/mol. The predicted octanol–water partition coefficient (Wildman–Crippen LogP) is 6.31. The first-order chi connectivity index (χ1) is 20.4. The van der Waals surface area contributed by atoms with E-state index in [1.807, 2.05) is 18.2 Å². The third-order valence-electron chi connectivity index (χ3n) is 10.6. The van der Waals surface area contributed by atoms with E-state index >= 15 is 0 Å². The summed E-state index contributed by atoms with van der Waals surface area (Å²) in [6.45, 7) is 21.7. The topological polar surface area (TPSA) is 84.8 Å². The summed E-state index contributed by atoms with van der Waals surface area (Å²) in [6.07, 6.45) is -1.77.